The molecule has 1 rings (SSSR count). The molecular weight excluding hydrogens is 458 g/mol. The molecule has 1 aromatic carbocycles. The van der Waals surface area contributed by atoms with Crippen LogP contribution in [-0.4, -0.2) is 24.1 Å². The molecule has 0 saturated heterocycles. The van der Waals surface area contributed by atoms with Gasteiger partial charge in [0.25, 0.3) is 0 Å². The Morgan fingerprint density at radius 2 is 0.711 bits per heavy atom. The lowest BCUT2D eigenvalue weighted by Gasteiger charge is -2.39. The number of unbranched alkanes of at least 4 members (excludes halogenated alkanes) is 19. The van der Waals surface area contributed by atoms with Gasteiger partial charge in [-0.1, -0.05) is 174 Å². The molecule has 0 amide bonds. The summed E-state index contributed by atoms with van der Waals surface area (Å²) in [5.41, 5.74) is 1.55. The van der Waals surface area contributed by atoms with Crippen LogP contribution in [0.4, 0.5) is 0 Å². The third kappa shape index (κ3) is 22.0. The van der Waals surface area contributed by atoms with Gasteiger partial charge in [-0.3, -0.25) is 0 Å². The van der Waals surface area contributed by atoms with E-state index in [-0.39, 0.29) is 0 Å². The molecule has 224 valence electrons. The summed E-state index contributed by atoms with van der Waals surface area (Å²) >= 11 is 0. The second-order valence-electron chi connectivity index (χ2n) is 11.9. The fraction of sp³-hybridized carbons (Fsp3) is 0.838. The Labute approximate surface area is 242 Å². The van der Waals surface area contributed by atoms with Gasteiger partial charge in [0.15, 0.2) is 0 Å². The number of hydrogen-bond donors (Lipinski definition) is 0. The predicted molar refractivity (Wildman–Crippen MR) is 175 cm³/mol. The standard InChI is InChI=1S/C35H66N.C2H6/c1-4-7-10-12-14-16-18-20-22-27-32-36(31-9-6-3,34-35-29-25-24-26-30-35)33-28-23-21-19-17-15-13-11-8-5-2;1-2/h24-26,29-30H,4-23,27-28,31-34H2,1-3H3;1-2H3/q+1;. The maximum atomic E-state index is 2.37. The van der Waals surface area contributed by atoms with Crippen LogP contribution < -0.4 is 0 Å². The highest BCUT2D eigenvalue weighted by molar-refractivity contribution is 5.13. The Kier molecular flexibility index (Phi) is 28.5. The summed E-state index contributed by atoms with van der Waals surface area (Å²) in [4.78, 5) is 0. The molecule has 1 heteroatoms. The van der Waals surface area contributed by atoms with Crippen LogP contribution in [0.5, 0.6) is 0 Å². The summed E-state index contributed by atoms with van der Waals surface area (Å²) in [6.45, 7) is 16.4. The van der Waals surface area contributed by atoms with Crippen molar-refractivity contribution < 1.29 is 4.48 Å². The molecular formula is C37H72N+. The van der Waals surface area contributed by atoms with Crippen molar-refractivity contribution in [3.8, 4) is 0 Å². The quantitative estimate of drug-likeness (QED) is 0.0783. The highest BCUT2D eigenvalue weighted by atomic mass is 15.3. The average Bonchev–Trinajstić information content (AvgIpc) is 2.95. The number of quaternary nitrogens is 1. The monoisotopic (exact) mass is 531 g/mol. The van der Waals surface area contributed by atoms with E-state index in [0.717, 1.165) is 0 Å². The summed E-state index contributed by atoms with van der Waals surface area (Å²) in [6.07, 6.45) is 31.5. The molecule has 0 aliphatic heterocycles. The Morgan fingerprint density at radius 1 is 0.395 bits per heavy atom. The first-order chi connectivity index (χ1) is 18.8. The first-order valence-corrected chi connectivity index (χ1v) is 17.7. The van der Waals surface area contributed by atoms with E-state index in [0.29, 0.717) is 0 Å². The molecule has 38 heavy (non-hydrogen) atoms. The van der Waals surface area contributed by atoms with Gasteiger partial charge in [-0.15, -0.1) is 0 Å². The van der Waals surface area contributed by atoms with E-state index in [9.17, 15) is 0 Å². The van der Waals surface area contributed by atoms with Gasteiger partial charge in [-0.2, -0.15) is 0 Å². The second kappa shape index (κ2) is 29.2. The molecule has 0 aromatic heterocycles. The minimum Gasteiger partial charge on any atom is -0.320 e. The molecule has 0 bridgehead atoms. The zero-order valence-corrected chi connectivity index (χ0v) is 27.2. The number of hydrogen-bond acceptors (Lipinski definition) is 0. The Balaban J connectivity index is 0.00000667. The topological polar surface area (TPSA) is 0 Å². The van der Waals surface area contributed by atoms with Crippen molar-refractivity contribution in [2.75, 3.05) is 19.6 Å². The molecule has 0 aliphatic rings. The number of rotatable bonds is 27. The van der Waals surface area contributed by atoms with Crippen molar-refractivity contribution >= 4 is 0 Å². The zero-order chi connectivity index (χ0) is 28.0. The minimum absolute atomic E-state index is 1.25. The smallest absolute Gasteiger partial charge is 0.104 e. The van der Waals surface area contributed by atoms with Gasteiger partial charge in [0.2, 0.25) is 0 Å². The van der Waals surface area contributed by atoms with Crippen LogP contribution in [0.1, 0.15) is 181 Å². The van der Waals surface area contributed by atoms with E-state index in [1.807, 2.05) is 13.8 Å². The molecule has 1 aromatic rings. The maximum Gasteiger partial charge on any atom is 0.104 e. The first-order valence-electron chi connectivity index (χ1n) is 17.7. The van der Waals surface area contributed by atoms with Crippen LogP contribution in [0.15, 0.2) is 30.3 Å². The van der Waals surface area contributed by atoms with Crippen molar-refractivity contribution in [1.82, 2.24) is 0 Å². The van der Waals surface area contributed by atoms with Gasteiger partial charge in [0, 0.05) is 5.56 Å². The highest BCUT2D eigenvalue weighted by Crippen LogP contribution is 2.22. The molecule has 0 aliphatic carbocycles. The van der Waals surface area contributed by atoms with Crippen molar-refractivity contribution in [3.05, 3.63) is 35.9 Å². The van der Waals surface area contributed by atoms with Gasteiger partial charge >= 0.3 is 0 Å². The Morgan fingerprint density at radius 3 is 1.08 bits per heavy atom. The first kappa shape index (κ1) is 37.2. The van der Waals surface area contributed by atoms with Crippen LogP contribution in [0, 0.1) is 0 Å². The van der Waals surface area contributed by atoms with E-state index < -0.39 is 0 Å². The summed E-state index contributed by atoms with van der Waals surface area (Å²) < 4.78 is 1.34. The molecule has 0 spiro atoms. The zero-order valence-electron chi connectivity index (χ0n) is 27.2. The van der Waals surface area contributed by atoms with Crippen molar-refractivity contribution in [2.24, 2.45) is 0 Å². The van der Waals surface area contributed by atoms with Gasteiger partial charge in [-0.25, -0.2) is 0 Å². The van der Waals surface area contributed by atoms with Crippen LogP contribution in [-0.2, 0) is 6.54 Å². The SMILES string of the molecule is CC.CCCCCCCCCCCC[N+](CCCC)(CCCCCCCCCCCC)Cc1ccccc1. The molecule has 1 nitrogen and oxygen atoms in total. The lowest BCUT2D eigenvalue weighted by atomic mass is 10.0. The van der Waals surface area contributed by atoms with Crippen LogP contribution in [0.25, 0.3) is 0 Å². The van der Waals surface area contributed by atoms with Gasteiger partial charge in [0.1, 0.15) is 6.54 Å². The normalized spacial score (nSPS) is 11.4. The molecule has 0 heterocycles. The fourth-order valence-electron chi connectivity index (χ4n) is 5.91. The second-order valence-corrected chi connectivity index (χ2v) is 11.9. The Bertz CT molecular complexity index is 527. The van der Waals surface area contributed by atoms with E-state index >= 15 is 0 Å². The Hall–Kier alpha value is -0.820. The fourth-order valence-corrected chi connectivity index (χ4v) is 5.91. The van der Waals surface area contributed by atoms with Gasteiger partial charge < -0.3 is 4.48 Å². The largest absolute Gasteiger partial charge is 0.320 e. The van der Waals surface area contributed by atoms with E-state index in [4.69, 9.17) is 0 Å². The van der Waals surface area contributed by atoms with Crippen LogP contribution in [0.3, 0.4) is 0 Å². The van der Waals surface area contributed by atoms with Crippen LogP contribution in [0.2, 0.25) is 0 Å². The summed E-state index contributed by atoms with van der Waals surface area (Å²) in [5, 5.41) is 0. The van der Waals surface area contributed by atoms with Crippen molar-refractivity contribution in [1.29, 1.82) is 0 Å². The number of benzene rings is 1. The van der Waals surface area contributed by atoms with Gasteiger partial charge in [-0.05, 0) is 32.1 Å². The van der Waals surface area contributed by atoms with Crippen LogP contribution >= 0.6 is 0 Å². The maximum absolute atomic E-state index is 2.37. The van der Waals surface area contributed by atoms with E-state index in [1.165, 1.54) is 172 Å². The van der Waals surface area contributed by atoms with Crippen molar-refractivity contribution in [2.45, 2.75) is 182 Å². The molecule has 0 unspecified atom stereocenters. The molecule has 0 N–H and O–H groups in total. The minimum atomic E-state index is 1.25. The highest BCUT2D eigenvalue weighted by Gasteiger charge is 2.26. The number of nitrogens with zero attached hydrogens (tertiary/aromatic N) is 1. The van der Waals surface area contributed by atoms with Crippen molar-refractivity contribution in [3.63, 3.8) is 0 Å². The molecule has 0 saturated carbocycles. The van der Waals surface area contributed by atoms with Gasteiger partial charge in [0.05, 0.1) is 19.6 Å². The lowest BCUT2D eigenvalue weighted by Crippen LogP contribution is -2.49. The predicted octanol–water partition coefficient (Wildman–Crippen LogP) is 12.7. The molecule has 0 radical (unpaired) electrons. The molecule has 0 atom stereocenters. The lowest BCUT2D eigenvalue weighted by molar-refractivity contribution is -0.941. The van der Waals surface area contributed by atoms with E-state index in [1.54, 1.807) is 5.56 Å². The summed E-state index contributed by atoms with van der Waals surface area (Å²) in [5.74, 6) is 0. The summed E-state index contributed by atoms with van der Waals surface area (Å²) in [6, 6.07) is 11.4. The third-order valence-corrected chi connectivity index (χ3v) is 8.32. The van der Waals surface area contributed by atoms with E-state index in [2.05, 4.69) is 51.1 Å². The summed E-state index contributed by atoms with van der Waals surface area (Å²) in [7, 11) is 0. The average molecular weight is 531 g/mol. The molecule has 0 fully saturated rings. The third-order valence-electron chi connectivity index (χ3n) is 8.32.